The molecule has 0 spiro atoms. The van der Waals surface area contributed by atoms with Gasteiger partial charge in [0.05, 0.1) is 6.04 Å². The van der Waals surface area contributed by atoms with E-state index in [1.165, 1.54) is 11.3 Å². The Morgan fingerprint density at radius 3 is 1.87 bits per heavy atom. The molecule has 1 heterocycles. The van der Waals surface area contributed by atoms with Crippen LogP contribution in [-0.2, 0) is 4.57 Å². The molecule has 5 heteroatoms. The van der Waals surface area contributed by atoms with Gasteiger partial charge in [-0.25, -0.2) is 0 Å². The average Bonchev–Trinajstić information content (AvgIpc) is 3.11. The summed E-state index contributed by atoms with van der Waals surface area (Å²) >= 11 is 1.52. The molecule has 0 bridgehead atoms. The molecule has 0 aliphatic carbocycles. The van der Waals surface area contributed by atoms with Gasteiger partial charge in [-0.2, -0.15) is 16.2 Å². The van der Waals surface area contributed by atoms with Crippen LogP contribution in [0.1, 0.15) is 28.5 Å². The molecular formula is C18H17NO2PS+. The van der Waals surface area contributed by atoms with Crippen molar-refractivity contribution < 1.29 is 9.46 Å². The summed E-state index contributed by atoms with van der Waals surface area (Å²) < 4.78 is 11.9. The van der Waals surface area contributed by atoms with E-state index in [4.69, 9.17) is 0 Å². The highest BCUT2D eigenvalue weighted by Gasteiger charge is 2.34. The predicted octanol–water partition coefficient (Wildman–Crippen LogP) is 4.86. The third-order valence-corrected chi connectivity index (χ3v) is 5.26. The van der Waals surface area contributed by atoms with Crippen molar-refractivity contribution in [2.45, 2.75) is 11.8 Å². The van der Waals surface area contributed by atoms with Gasteiger partial charge in [0.2, 0.25) is 0 Å². The minimum Gasteiger partial charge on any atom is -0.256 e. The molecule has 3 rings (SSSR count). The Labute approximate surface area is 140 Å². The second-order valence-corrected chi connectivity index (χ2v) is 7.08. The molecule has 0 saturated heterocycles. The van der Waals surface area contributed by atoms with Gasteiger partial charge in [-0.05, 0) is 32.5 Å². The zero-order valence-electron chi connectivity index (χ0n) is 12.4. The van der Waals surface area contributed by atoms with E-state index in [9.17, 15) is 9.46 Å². The maximum atomic E-state index is 11.9. The molecule has 2 unspecified atom stereocenters. The molecule has 3 aromatic rings. The number of hydrogen-bond acceptors (Lipinski definition) is 3. The Morgan fingerprint density at radius 1 is 0.870 bits per heavy atom. The van der Waals surface area contributed by atoms with Gasteiger partial charge in [-0.1, -0.05) is 60.7 Å². The second kappa shape index (κ2) is 7.62. The summed E-state index contributed by atoms with van der Waals surface area (Å²) in [6.07, 6.45) is 0. The first-order chi connectivity index (χ1) is 11.3. The van der Waals surface area contributed by atoms with Crippen LogP contribution in [0.15, 0.2) is 77.5 Å². The molecule has 116 valence electrons. The minimum absolute atomic E-state index is 0.145. The van der Waals surface area contributed by atoms with Gasteiger partial charge in [0, 0.05) is 5.56 Å². The Kier molecular flexibility index (Phi) is 5.31. The molecule has 0 fully saturated rings. The van der Waals surface area contributed by atoms with E-state index in [-0.39, 0.29) is 6.04 Å². The highest BCUT2D eigenvalue weighted by molar-refractivity contribution is 7.38. The second-order valence-electron chi connectivity index (χ2n) is 5.18. The van der Waals surface area contributed by atoms with Gasteiger partial charge in [0.15, 0.2) is 0 Å². The van der Waals surface area contributed by atoms with Gasteiger partial charge >= 0.3 is 8.03 Å². The van der Waals surface area contributed by atoms with Gasteiger partial charge in [-0.3, -0.25) is 5.32 Å². The van der Waals surface area contributed by atoms with E-state index >= 15 is 0 Å². The summed E-state index contributed by atoms with van der Waals surface area (Å²) in [6, 6.07) is 21.7. The largest absolute Gasteiger partial charge is 0.529 e. The van der Waals surface area contributed by atoms with Crippen molar-refractivity contribution in [1.82, 2.24) is 5.32 Å². The molecule has 2 N–H and O–H groups in total. The molecule has 23 heavy (non-hydrogen) atoms. The Bertz CT molecular complexity index is 708. The number of hydrogen-bond donors (Lipinski definition) is 2. The quantitative estimate of drug-likeness (QED) is 0.629. The van der Waals surface area contributed by atoms with Crippen molar-refractivity contribution >= 4 is 19.4 Å². The molecule has 2 atom stereocenters. The lowest BCUT2D eigenvalue weighted by atomic mass is 9.98. The Balaban J connectivity index is 1.97. The van der Waals surface area contributed by atoms with E-state index in [1.807, 2.05) is 77.5 Å². The predicted molar refractivity (Wildman–Crippen MR) is 94.7 cm³/mol. The fourth-order valence-electron chi connectivity index (χ4n) is 2.55. The number of nitrogens with one attached hydrogen (secondary N) is 1. The molecule has 3 nitrogen and oxygen atoms in total. The smallest absolute Gasteiger partial charge is 0.256 e. The molecule has 0 saturated carbocycles. The molecule has 1 aromatic heterocycles. The van der Waals surface area contributed by atoms with Gasteiger partial charge in [-0.15, -0.1) is 0 Å². The number of thiophene rings is 1. The van der Waals surface area contributed by atoms with Crippen LogP contribution >= 0.6 is 19.4 Å². The monoisotopic (exact) mass is 342 g/mol. The van der Waals surface area contributed by atoms with E-state index < -0.39 is 13.8 Å². The van der Waals surface area contributed by atoms with Gasteiger partial charge < -0.3 is 0 Å². The molecule has 0 amide bonds. The molecular weight excluding hydrogens is 325 g/mol. The molecule has 0 aliphatic heterocycles. The van der Waals surface area contributed by atoms with Crippen LogP contribution in [0.3, 0.4) is 0 Å². The average molecular weight is 342 g/mol. The third kappa shape index (κ3) is 3.92. The summed E-state index contributed by atoms with van der Waals surface area (Å²) in [5, 5.41) is 7.19. The van der Waals surface area contributed by atoms with Crippen LogP contribution < -0.4 is 5.32 Å². The van der Waals surface area contributed by atoms with Gasteiger partial charge in [0.25, 0.3) is 5.78 Å². The molecule has 0 radical (unpaired) electrons. The third-order valence-electron chi connectivity index (χ3n) is 3.67. The number of benzene rings is 2. The topological polar surface area (TPSA) is 49.3 Å². The lowest BCUT2D eigenvalue weighted by Gasteiger charge is -2.20. The van der Waals surface area contributed by atoms with Crippen molar-refractivity contribution in [3.05, 3.63) is 94.2 Å². The van der Waals surface area contributed by atoms with Crippen LogP contribution in [0.25, 0.3) is 0 Å². The normalized spacial score (nSPS) is 13.0. The fraction of sp³-hybridized carbons (Fsp3) is 0.111. The first-order valence-corrected chi connectivity index (χ1v) is 9.51. The fourth-order valence-corrected chi connectivity index (χ4v) is 4.03. The summed E-state index contributed by atoms with van der Waals surface area (Å²) in [5.74, 6) is -0.596. The van der Waals surface area contributed by atoms with Crippen molar-refractivity contribution in [1.29, 1.82) is 0 Å². The first kappa shape index (κ1) is 16.0. The summed E-state index contributed by atoms with van der Waals surface area (Å²) in [7, 11) is -2.38. The SMILES string of the molecule is O=[P+](O)C(NC(c1ccccc1)c1ccccc1)c1ccsc1. The first-order valence-electron chi connectivity index (χ1n) is 7.29. The zero-order chi connectivity index (χ0) is 16.1. The van der Waals surface area contributed by atoms with Crippen molar-refractivity contribution in [3.8, 4) is 0 Å². The summed E-state index contributed by atoms with van der Waals surface area (Å²) in [6.45, 7) is 0. The van der Waals surface area contributed by atoms with Crippen LogP contribution in [0, 0.1) is 0 Å². The zero-order valence-corrected chi connectivity index (χ0v) is 14.1. The Hall–Kier alpha value is -1.84. The lowest BCUT2D eigenvalue weighted by Crippen LogP contribution is -2.25. The van der Waals surface area contributed by atoms with E-state index in [2.05, 4.69) is 5.32 Å². The molecule has 2 aromatic carbocycles. The van der Waals surface area contributed by atoms with E-state index in [0.717, 1.165) is 16.7 Å². The summed E-state index contributed by atoms with van der Waals surface area (Å²) in [4.78, 5) is 9.78. The van der Waals surface area contributed by atoms with Crippen LogP contribution in [0.2, 0.25) is 0 Å². The van der Waals surface area contributed by atoms with Crippen molar-refractivity contribution in [3.63, 3.8) is 0 Å². The minimum atomic E-state index is -2.38. The Morgan fingerprint density at radius 2 is 1.43 bits per heavy atom. The van der Waals surface area contributed by atoms with Crippen molar-refractivity contribution in [2.24, 2.45) is 0 Å². The van der Waals surface area contributed by atoms with Gasteiger partial charge in [0.1, 0.15) is 0 Å². The maximum absolute atomic E-state index is 11.9. The molecule has 0 aliphatic rings. The standard InChI is InChI=1S/C18H16NO2PS/c20-22(21)18(16-11-12-23-13-16)19-17(14-7-3-1-4-8-14)15-9-5-2-6-10-15/h1-13,17-19H/p+1. The van der Waals surface area contributed by atoms with Crippen LogP contribution in [-0.4, -0.2) is 4.89 Å². The summed E-state index contributed by atoms with van der Waals surface area (Å²) in [5.41, 5.74) is 2.97. The lowest BCUT2D eigenvalue weighted by molar-refractivity contribution is 0.464. The van der Waals surface area contributed by atoms with E-state index in [1.54, 1.807) is 0 Å². The highest BCUT2D eigenvalue weighted by Crippen LogP contribution is 2.39. The maximum Gasteiger partial charge on any atom is 0.529 e. The van der Waals surface area contributed by atoms with Crippen molar-refractivity contribution in [2.75, 3.05) is 0 Å². The van der Waals surface area contributed by atoms with Crippen LogP contribution in [0.4, 0.5) is 0 Å². The van der Waals surface area contributed by atoms with E-state index in [0.29, 0.717) is 0 Å². The number of rotatable bonds is 6. The highest BCUT2D eigenvalue weighted by atomic mass is 32.1. The van der Waals surface area contributed by atoms with Crippen LogP contribution in [0.5, 0.6) is 0 Å².